The predicted molar refractivity (Wildman–Crippen MR) is 118 cm³/mol. The molecule has 3 heterocycles. The topological polar surface area (TPSA) is 102 Å². The van der Waals surface area contributed by atoms with E-state index in [0.29, 0.717) is 18.0 Å². The summed E-state index contributed by atoms with van der Waals surface area (Å²) in [6.45, 7) is 6.12. The summed E-state index contributed by atoms with van der Waals surface area (Å²) >= 11 is 3.32. The van der Waals surface area contributed by atoms with Crippen molar-refractivity contribution in [3.8, 4) is 11.6 Å². The van der Waals surface area contributed by atoms with Gasteiger partial charge in [0.2, 0.25) is 11.8 Å². The van der Waals surface area contributed by atoms with Gasteiger partial charge in [-0.15, -0.1) is 23.5 Å². The Morgan fingerprint density at radius 2 is 1.97 bits per heavy atom. The van der Waals surface area contributed by atoms with Crippen molar-refractivity contribution in [1.82, 2.24) is 14.9 Å². The molecular formula is C20H29N3O5S2. The molecule has 1 N–H and O–H groups in total. The quantitative estimate of drug-likeness (QED) is 0.623. The standard InChI is InChI=1S/C20H29N3O5S2/c1-19(2,3)28-17(25)14-12-26-16(21-14)13-11-27-18(22-13)20(29-9-6-10-30-20)15(24)7-8-23(4)5/h11-12,15,24H,6-10H2,1-5H3. The summed E-state index contributed by atoms with van der Waals surface area (Å²) < 4.78 is 15.9. The van der Waals surface area contributed by atoms with Gasteiger partial charge in [-0.25, -0.2) is 14.8 Å². The van der Waals surface area contributed by atoms with Crippen LogP contribution in [0, 0.1) is 0 Å². The van der Waals surface area contributed by atoms with Gasteiger partial charge in [0.25, 0.3) is 0 Å². The summed E-state index contributed by atoms with van der Waals surface area (Å²) in [4.78, 5) is 23.0. The third-order valence-electron chi connectivity index (χ3n) is 4.34. The number of carbonyl (C=O) groups is 1. The van der Waals surface area contributed by atoms with Crippen LogP contribution in [0.5, 0.6) is 0 Å². The Balaban J connectivity index is 1.82. The smallest absolute Gasteiger partial charge is 0.360 e. The maximum absolute atomic E-state index is 12.2. The highest BCUT2D eigenvalue weighted by Crippen LogP contribution is 2.53. The second-order valence-electron chi connectivity index (χ2n) is 8.40. The lowest BCUT2D eigenvalue weighted by atomic mass is 10.1. The van der Waals surface area contributed by atoms with E-state index in [1.54, 1.807) is 44.3 Å². The number of rotatable bonds is 7. The van der Waals surface area contributed by atoms with Crippen LogP contribution in [0.1, 0.15) is 50.0 Å². The van der Waals surface area contributed by atoms with Crippen LogP contribution in [0.25, 0.3) is 11.6 Å². The minimum Gasteiger partial charge on any atom is -0.455 e. The van der Waals surface area contributed by atoms with Gasteiger partial charge in [0, 0.05) is 6.54 Å². The summed E-state index contributed by atoms with van der Waals surface area (Å²) in [5, 5.41) is 11.0. The maximum Gasteiger partial charge on any atom is 0.360 e. The number of oxazole rings is 2. The largest absolute Gasteiger partial charge is 0.455 e. The van der Waals surface area contributed by atoms with E-state index < -0.39 is 21.8 Å². The van der Waals surface area contributed by atoms with Gasteiger partial charge in [-0.05, 0) is 59.2 Å². The molecule has 3 rings (SSSR count). The fourth-order valence-corrected chi connectivity index (χ4v) is 6.18. The lowest BCUT2D eigenvalue weighted by Crippen LogP contribution is -2.38. The molecule has 166 valence electrons. The zero-order chi connectivity index (χ0) is 21.9. The molecule has 0 bridgehead atoms. The minimum atomic E-state index is -0.674. The SMILES string of the molecule is CN(C)CCC(O)C1(c2nc(-c3nc(C(=O)OC(C)(C)C)co3)co2)SCCCS1. The first-order chi connectivity index (χ1) is 14.1. The zero-order valence-electron chi connectivity index (χ0n) is 18.0. The first-order valence-electron chi connectivity index (χ1n) is 9.87. The molecule has 10 heteroatoms. The average molecular weight is 456 g/mol. The van der Waals surface area contributed by atoms with E-state index in [1.165, 1.54) is 12.5 Å². The molecule has 1 fully saturated rings. The molecule has 2 aromatic heterocycles. The van der Waals surface area contributed by atoms with Crippen LogP contribution in [0.4, 0.5) is 0 Å². The lowest BCUT2D eigenvalue weighted by molar-refractivity contribution is 0.00628. The lowest BCUT2D eigenvalue weighted by Gasteiger charge is -2.37. The maximum atomic E-state index is 12.2. The van der Waals surface area contributed by atoms with Crippen LogP contribution in [-0.4, -0.2) is 69.8 Å². The molecular weight excluding hydrogens is 426 g/mol. The van der Waals surface area contributed by atoms with Crippen molar-refractivity contribution < 1.29 is 23.5 Å². The van der Waals surface area contributed by atoms with E-state index in [0.717, 1.165) is 24.5 Å². The molecule has 1 aliphatic heterocycles. The highest BCUT2D eigenvalue weighted by atomic mass is 32.2. The number of carbonyl (C=O) groups excluding carboxylic acids is 1. The van der Waals surface area contributed by atoms with Gasteiger partial charge in [0.15, 0.2) is 15.5 Å². The van der Waals surface area contributed by atoms with Gasteiger partial charge in [-0.3, -0.25) is 0 Å². The summed E-state index contributed by atoms with van der Waals surface area (Å²) in [7, 11) is 3.96. The van der Waals surface area contributed by atoms with Crippen LogP contribution >= 0.6 is 23.5 Å². The second-order valence-corrected chi connectivity index (χ2v) is 11.3. The molecule has 1 unspecified atom stereocenters. The third-order valence-corrected chi connectivity index (χ3v) is 7.79. The van der Waals surface area contributed by atoms with Crippen LogP contribution in [0.3, 0.4) is 0 Å². The van der Waals surface area contributed by atoms with Crippen LogP contribution < -0.4 is 0 Å². The fourth-order valence-electron chi connectivity index (χ4n) is 2.92. The summed E-state index contributed by atoms with van der Waals surface area (Å²) in [6.07, 6.45) is 3.76. The molecule has 30 heavy (non-hydrogen) atoms. The number of hydrogen-bond donors (Lipinski definition) is 1. The Hall–Kier alpha value is -1.49. The van der Waals surface area contributed by atoms with Crippen LogP contribution in [0.2, 0.25) is 0 Å². The number of ether oxygens (including phenoxy) is 1. The number of hydrogen-bond acceptors (Lipinski definition) is 10. The third kappa shape index (κ3) is 5.40. The van der Waals surface area contributed by atoms with Crippen molar-refractivity contribution in [2.24, 2.45) is 0 Å². The zero-order valence-corrected chi connectivity index (χ0v) is 19.6. The summed E-state index contributed by atoms with van der Waals surface area (Å²) in [6, 6.07) is 0. The average Bonchev–Trinajstić information content (AvgIpc) is 3.34. The van der Waals surface area contributed by atoms with Gasteiger partial charge in [0.05, 0.1) is 6.10 Å². The Bertz CT molecular complexity index is 853. The molecule has 0 amide bonds. The minimum absolute atomic E-state index is 0.0756. The molecule has 8 nitrogen and oxygen atoms in total. The first kappa shape index (κ1) is 23.2. The number of nitrogens with zero attached hydrogens (tertiary/aromatic N) is 3. The molecule has 0 radical (unpaired) electrons. The second kappa shape index (κ2) is 9.33. The van der Waals surface area contributed by atoms with Crippen molar-refractivity contribution in [2.75, 3.05) is 32.1 Å². The molecule has 0 saturated carbocycles. The number of aliphatic hydroxyl groups excluding tert-OH is 1. The predicted octanol–water partition coefficient (Wildman–Crippen LogP) is 3.62. The van der Waals surface area contributed by atoms with Crippen molar-refractivity contribution in [3.05, 3.63) is 24.1 Å². The highest BCUT2D eigenvalue weighted by Gasteiger charge is 2.46. The van der Waals surface area contributed by atoms with E-state index >= 15 is 0 Å². The summed E-state index contributed by atoms with van der Waals surface area (Å²) in [5.41, 5.74) is -0.167. The Kier molecular flexibility index (Phi) is 7.21. The summed E-state index contributed by atoms with van der Waals surface area (Å²) in [5.74, 6) is 1.90. The van der Waals surface area contributed by atoms with Gasteiger partial charge in [0.1, 0.15) is 18.1 Å². The number of thioether (sulfide) groups is 2. The van der Waals surface area contributed by atoms with Crippen molar-refractivity contribution in [3.63, 3.8) is 0 Å². The van der Waals surface area contributed by atoms with E-state index in [1.807, 2.05) is 19.0 Å². The number of aliphatic hydroxyl groups is 1. The molecule has 1 aliphatic rings. The Morgan fingerprint density at radius 1 is 1.27 bits per heavy atom. The molecule has 0 spiro atoms. The van der Waals surface area contributed by atoms with Gasteiger partial charge in [-0.1, -0.05) is 0 Å². The normalized spacial score (nSPS) is 17.8. The number of aromatic nitrogens is 2. The molecule has 0 aromatic carbocycles. The first-order valence-corrected chi connectivity index (χ1v) is 11.8. The molecule has 2 aromatic rings. The molecule has 1 saturated heterocycles. The van der Waals surface area contributed by atoms with Gasteiger partial charge < -0.3 is 23.6 Å². The monoisotopic (exact) mass is 455 g/mol. The van der Waals surface area contributed by atoms with Crippen molar-refractivity contribution in [2.45, 2.75) is 49.4 Å². The highest BCUT2D eigenvalue weighted by molar-refractivity contribution is 8.18. The van der Waals surface area contributed by atoms with E-state index in [2.05, 4.69) is 9.97 Å². The van der Waals surface area contributed by atoms with Crippen molar-refractivity contribution >= 4 is 29.5 Å². The molecule has 0 aliphatic carbocycles. The van der Waals surface area contributed by atoms with Gasteiger partial charge in [-0.2, -0.15) is 0 Å². The van der Waals surface area contributed by atoms with E-state index in [4.69, 9.17) is 13.6 Å². The van der Waals surface area contributed by atoms with Crippen molar-refractivity contribution in [1.29, 1.82) is 0 Å². The van der Waals surface area contributed by atoms with Crippen LogP contribution in [0.15, 0.2) is 21.4 Å². The van der Waals surface area contributed by atoms with E-state index in [-0.39, 0.29) is 11.6 Å². The molecule has 1 atom stereocenters. The van der Waals surface area contributed by atoms with Crippen LogP contribution in [-0.2, 0) is 8.82 Å². The Labute approximate surface area is 185 Å². The number of esters is 1. The fraction of sp³-hybridized carbons (Fsp3) is 0.650. The Morgan fingerprint density at radius 3 is 2.60 bits per heavy atom. The van der Waals surface area contributed by atoms with E-state index in [9.17, 15) is 9.90 Å². The van der Waals surface area contributed by atoms with Gasteiger partial charge >= 0.3 is 5.97 Å².